The van der Waals surface area contributed by atoms with Gasteiger partial charge in [-0.3, -0.25) is 14.3 Å². The van der Waals surface area contributed by atoms with E-state index in [1.165, 1.54) is 0 Å². The Labute approximate surface area is 272 Å². The van der Waals surface area contributed by atoms with Crippen LogP contribution in [0.2, 0.25) is 0 Å². The molecule has 6 rings (SSSR count). The molecule has 1 aromatic heterocycles. The van der Waals surface area contributed by atoms with E-state index < -0.39 is 5.60 Å². The van der Waals surface area contributed by atoms with Crippen molar-refractivity contribution in [3.05, 3.63) is 82.2 Å². The number of aryl methyl sites for hydroxylation is 3. The third kappa shape index (κ3) is 7.13. The molecule has 0 bridgehead atoms. The van der Waals surface area contributed by atoms with Gasteiger partial charge in [0.1, 0.15) is 5.60 Å². The van der Waals surface area contributed by atoms with Crippen LogP contribution < -0.4 is 4.90 Å². The predicted octanol–water partition coefficient (Wildman–Crippen LogP) is 6.05. The van der Waals surface area contributed by atoms with Gasteiger partial charge in [0, 0.05) is 68.1 Å². The van der Waals surface area contributed by atoms with E-state index in [4.69, 9.17) is 4.74 Å². The van der Waals surface area contributed by atoms with Crippen LogP contribution >= 0.6 is 0 Å². The Bertz CT molecular complexity index is 1610. The summed E-state index contributed by atoms with van der Waals surface area (Å²) in [6.45, 7) is 10.3. The molecule has 46 heavy (non-hydrogen) atoms. The second kappa shape index (κ2) is 12.9. The monoisotopic (exact) mass is 625 g/mol. The highest BCUT2D eigenvalue weighted by atomic mass is 16.6. The van der Waals surface area contributed by atoms with Crippen molar-refractivity contribution in [1.29, 1.82) is 0 Å². The molecule has 0 N–H and O–H groups in total. The van der Waals surface area contributed by atoms with Crippen LogP contribution in [-0.2, 0) is 36.0 Å². The van der Waals surface area contributed by atoms with E-state index in [-0.39, 0.29) is 17.9 Å². The van der Waals surface area contributed by atoms with Gasteiger partial charge < -0.3 is 19.4 Å². The molecule has 244 valence electrons. The summed E-state index contributed by atoms with van der Waals surface area (Å²) in [5, 5.41) is 4.45. The molecule has 2 aliphatic heterocycles. The first-order valence-electron chi connectivity index (χ1n) is 16.7. The molecule has 0 unspecified atom stereocenters. The third-order valence-corrected chi connectivity index (χ3v) is 9.59. The van der Waals surface area contributed by atoms with Crippen molar-refractivity contribution in [3.63, 3.8) is 0 Å². The van der Waals surface area contributed by atoms with Gasteiger partial charge in [-0.2, -0.15) is 5.10 Å². The quantitative estimate of drug-likeness (QED) is 0.319. The molecule has 3 heterocycles. The lowest BCUT2D eigenvalue weighted by Gasteiger charge is -2.35. The van der Waals surface area contributed by atoms with Gasteiger partial charge in [0.25, 0.3) is 5.91 Å². The molecule has 1 saturated heterocycles. The van der Waals surface area contributed by atoms with Crippen molar-refractivity contribution in [2.75, 3.05) is 24.5 Å². The topological polar surface area (TPSA) is 88.0 Å². The number of piperidine rings is 1. The average Bonchev–Trinajstić information content (AvgIpc) is 3.83. The maximum absolute atomic E-state index is 13.9. The number of carbonyl (C=O) groups excluding carboxylic acids is 3. The Morgan fingerprint density at radius 3 is 2.43 bits per heavy atom. The number of fused-ring (bicyclic) bond motifs is 2. The minimum atomic E-state index is -0.499. The van der Waals surface area contributed by atoms with Gasteiger partial charge >= 0.3 is 6.09 Å². The molecule has 2 aromatic carbocycles. The van der Waals surface area contributed by atoms with Crippen molar-refractivity contribution < 1.29 is 19.1 Å². The van der Waals surface area contributed by atoms with E-state index in [0.29, 0.717) is 50.0 Å². The smallest absolute Gasteiger partial charge is 0.410 e. The maximum atomic E-state index is 13.9. The Kier molecular flexibility index (Phi) is 8.95. The number of nitrogens with zero attached hydrogens (tertiary/aromatic N) is 5. The minimum Gasteiger partial charge on any atom is -0.444 e. The SMILES string of the molecule is Cc1cc(C(=O)N2Cc3cnn(C)c3Cc3ccccc32)ccc1CCC(=O)N(CC1CCN(C(=O)OC(C)(C)C)CC1)C1CC1. The lowest BCUT2D eigenvalue weighted by molar-refractivity contribution is -0.132. The summed E-state index contributed by atoms with van der Waals surface area (Å²) < 4.78 is 7.45. The average molecular weight is 626 g/mol. The number of carbonyl (C=O) groups is 3. The zero-order chi connectivity index (χ0) is 32.6. The van der Waals surface area contributed by atoms with Crippen molar-refractivity contribution in [3.8, 4) is 0 Å². The fraction of sp³-hybridized carbons (Fsp3) is 0.514. The Morgan fingerprint density at radius 2 is 1.74 bits per heavy atom. The van der Waals surface area contributed by atoms with Crippen molar-refractivity contribution >= 4 is 23.6 Å². The molecule has 0 radical (unpaired) electrons. The Balaban J connectivity index is 1.07. The fourth-order valence-corrected chi connectivity index (χ4v) is 6.80. The molecule has 3 aromatic rings. The number of rotatable bonds is 7. The second-order valence-corrected chi connectivity index (χ2v) is 14.3. The zero-order valence-corrected chi connectivity index (χ0v) is 27.9. The molecular weight excluding hydrogens is 578 g/mol. The summed E-state index contributed by atoms with van der Waals surface area (Å²) in [4.78, 5) is 45.7. The minimum absolute atomic E-state index is 0.0347. The van der Waals surface area contributed by atoms with Crippen LogP contribution in [0.5, 0.6) is 0 Å². The largest absolute Gasteiger partial charge is 0.444 e. The van der Waals surface area contributed by atoms with Gasteiger partial charge in [0.15, 0.2) is 0 Å². The van der Waals surface area contributed by atoms with Crippen molar-refractivity contribution in [2.24, 2.45) is 13.0 Å². The van der Waals surface area contributed by atoms with Gasteiger partial charge in [0.2, 0.25) is 5.91 Å². The van der Waals surface area contributed by atoms with E-state index in [1.54, 1.807) is 4.90 Å². The zero-order valence-electron chi connectivity index (χ0n) is 27.9. The van der Waals surface area contributed by atoms with E-state index >= 15 is 0 Å². The molecule has 3 aliphatic rings. The standard InChI is InChI=1S/C37H47N5O4/c1-25-20-29(35(44)42-24-30-22-38-39(5)33(30)21-28-8-6-7-9-32(28)42)11-10-27(25)12-15-34(43)41(31-13-14-31)23-26-16-18-40(19-17-26)36(45)46-37(2,3)4/h6-11,20,22,26,31H,12-19,21,23-24H2,1-5H3. The predicted molar refractivity (Wildman–Crippen MR) is 178 cm³/mol. The first kappa shape index (κ1) is 31.8. The summed E-state index contributed by atoms with van der Waals surface area (Å²) in [7, 11) is 1.95. The molecule has 1 aliphatic carbocycles. The number of benzene rings is 2. The number of aromatic nitrogens is 2. The first-order valence-corrected chi connectivity index (χ1v) is 16.7. The number of likely N-dealkylation sites (tertiary alicyclic amines) is 1. The van der Waals surface area contributed by atoms with E-state index in [9.17, 15) is 14.4 Å². The van der Waals surface area contributed by atoms with Crippen LogP contribution in [0.25, 0.3) is 0 Å². The number of anilines is 1. The second-order valence-electron chi connectivity index (χ2n) is 14.3. The van der Waals surface area contributed by atoms with Crippen molar-refractivity contribution in [1.82, 2.24) is 19.6 Å². The summed E-state index contributed by atoms with van der Waals surface area (Å²) in [5.41, 5.74) is 6.51. The highest BCUT2D eigenvalue weighted by molar-refractivity contribution is 6.06. The summed E-state index contributed by atoms with van der Waals surface area (Å²) >= 11 is 0. The van der Waals surface area contributed by atoms with Crippen LogP contribution in [-0.4, -0.2) is 68.8 Å². The molecule has 9 heteroatoms. The summed E-state index contributed by atoms with van der Waals surface area (Å²) in [6.07, 6.45) is 7.35. The van der Waals surface area contributed by atoms with Gasteiger partial charge in [-0.1, -0.05) is 24.3 Å². The Morgan fingerprint density at radius 1 is 1.00 bits per heavy atom. The molecule has 3 amide bonds. The number of hydrogen-bond donors (Lipinski definition) is 0. The first-order chi connectivity index (χ1) is 22.0. The van der Waals surface area contributed by atoms with Crippen LogP contribution in [0, 0.1) is 12.8 Å². The third-order valence-electron chi connectivity index (χ3n) is 9.59. The maximum Gasteiger partial charge on any atom is 0.410 e. The molecule has 1 saturated carbocycles. The van der Waals surface area contributed by atoms with Crippen molar-refractivity contribution in [2.45, 2.75) is 90.8 Å². The molecule has 0 spiro atoms. The van der Waals surface area contributed by atoms with Crippen LogP contribution in [0.4, 0.5) is 10.5 Å². The van der Waals surface area contributed by atoms with E-state index in [1.807, 2.05) is 86.9 Å². The highest BCUT2D eigenvalue weighted by Gasteiger charge is 2.35. The highest BCUT2D eigenvalue weighted by Crippen LogP contribution is 2.33. The molecule has 9 nitrogen and oxygen atoms in total. The summed E-state index contributed by atoms with van der Waals surface area (Å²) in [6, 6.07) is 14.3. The number of ether oxygens (including phenoxy) is 1. The van der Waals surface area contributed by atoms with Crippen LogP contribution in [0.15, 0.2) is 48.7 Å². The summed E-state index contributed by atoms with van der Waals surface area (Å²) in [5.74, 6) is 0.555. The van der Waals surface area contributed by atoms with Gasteiger partial charge in [-0.25, -0.2) is 4.79 Å². The van der Waals surface area contributed by atoms with Gasteiger partial charge in [-0.05, 0) is 101 Å². The molecule has 2 fully saturated rings. The number of hydrogen-bond acceptors (Lipinski definition) is 5. The molecule has 0 atom stereocenters. The Hall–Kier alpha value is -4.14. The van der Waals surface area contributed by atoms with Crippen LogP contribution in [0.1, 0.15) is 91.2 Å². The van der Waals surface area contributed by atoms with Crippen LogP contribution in [0.3, 0.4) is 0 Å². The lowest BCUT2D eigenvalue weighted by atomic mass is 9.95. The lowest BCUT2D eigenvalue weighted by Crippen LogP contribution is -2.45. The molecular formula is C37H47N5O4. The van der Waals surface area contributed by atoms with E-state index in [2.05, 4.69) is 16.1 Å². The number of amides is 3. The normalized spacial score (nSPS) is 16.8. The number of para-hydroxylation sites is 1. The fourth-order valence-electron chi connectivity index (χ4n) is 6.80. The van der Waals surface area contributed by atoms with Gasteiger partial charge in [0.05, 0.1) is 12.7 Å². The van der Waals surface area contributed by atoms with E-state index in [0.717, 1.165) is 72.3 Å². The van der Waals surface area contributed by atoms with Gasteiger partial charge in [-0.15, -0.1) is 0 Å².